The molecule has 1 amide bonds. The van der Waals surface area contributed by atoms with E-state index in [2.05, 4.69) is 13.2 Å². The predicted molar refractivity (Wildman–Crippen MR) is 70.1 cm³/mol. The first-order chi connectivity index (χ1) is 8.60. The maximum atomic E-state index is 12.3. The summed E-state index contributed by atoms with van der Waals surface area (Å²) >= 11 is 0. The van der Waals surface area contributed by atoms with E-state index in [1.165, 1.54) is 0 Å². The molecule has 0 aromatic rings. The molecule has 1 aliphatic rings. The van der Waals surface area contributed by atoms with Crippen LogP contribution in [0.3, 0.4) is 0 Å². The maximum absolute atomic E-state index is 12.3. The third-order valence-electron chi connectivity index (χ3n) is 3.38. The van der Waals surface area contributed by atoms with Crippen molar-refractivity contribution in [2.45, 2.75) is 25.7 Å². The standard InChI is InChI=1S/C14H21NO3/c1-3-8-15(9-4-2)13(16)11-6-5-7-12(10-11)14(17)18/h3-4,11-12H,1-2,5-10H2,(H,17,18). The van der Waals surface area contributed by atoms with Crippen LogP contribution in [0.4, 0.5) is 0 Å². The smallest absolute Gasteiger partial charge is 0.306 e. The monoisotopic (exact) mass is 251 g/mol. The summed E-state index contributed by atoms with van der Waals surface area (Å²) in [6.45, 7) is 8.23. The van der Waals surface area contributed by atoms with Gasteiger partial charge in [-0.3, -0.25) is 9.59 Å². The summed E-state index contributed by atoms with van der Waals surface area (Å²) in [5.41, 5.74) is 0. The first-order valence-corrected chi connectivity index (χ1v) is 6.33. The highest BCUT2D eigenvalue weighted by Crippen LogP contribution is 2.30. The molecule has 0 aromatic heterocycles. The number of amides is 1. The topological polar surface area (TPSA) is 57.6 Å². The number of carbonyl (C=O) groups is 2. The second kappa shape index (κ2) is 6.99. The molecule has 2 atom stereocenters. The Kier molecular flexibility index (Phi) is 5.62. The normalized spacial score (nSPS) is 23.1. The second-order valence-electron chi connectivity index (χ2n) is 4.72. The molecule has 1 N–H and O–H groups in total. The fraction of sp³-hybridized carbons (Fsp3) is 0.571. The summed E-state index contributed by atoms with van der Waals surface area (Å²) < 4.78 is 0. The minimum atomic E-state index is -0.786. The SMILES string of the molecule is C=CCN(CC=C)C(=O)C1CCCC(C(=O)O)C1. The number of rotatable bonds is 6. The van der Waals surface area contributed by atoms with E-state index in [-0.39, 0.29) is 17.7 Å². The van der Waals surface area contributed by atoms with Crippen LogP contribution in [0.15, 0.2) is 25.3 Å². The van der Waals surface area contributed by atoms with E-state index in [1.807, 2.05) is 0 Å². The van der Waals surface area contributed by atoms with Crippen molar-refractivity contribution in [1.29, 1.82) is 0 Å². The predicted octanol–water partition coefficient (Wildman–Crippen LogP) is 2.08. The quantitative estimate of drug-likeness (QED) is 0.735. The molecular weight excluding hydrogens is 230 g/mol. The van der Waals surface area contributed by atoms with E-state index >= 15 is 0 Å². The van der Waals surface area contributed by atoms with Crippen molar-refractivity contribution in [3.8, 4) is 0 Å². The first kappa shape index (κ1) is 14.5. The number of hydrogen-bond acceptors (Lipinski definition) is 2. The summed E-state index contributed by atoms with van der Waals surface area (Å²) in [6.07, 6.45) is 6.09. The van der Waals surface area contributed by atoms with Crippen LogP contribution >= 0.6 is 0 Å². The lowest BCUT2D eigenvalue weighted by Crippen LogP contribution is -2.39. The Bertz CT molecular complexity index is 328. The lowest BCUT2D eigenvalue weighted by atomic mass is 9.80. The van der Waals surface area contributed by atoms with Gasteiger partial charge in [-0.15, -0.1) is 13.2 Å². The molecule has 0 bridgehead atoms. The first-order valence-electron chi connectivity index (χ1n) is 6.33. The highest BCUT2D eigenvalue weighted by molar-refractivity contribution is 5.80. The Morgan fingerprint density at radius 1 is 1.17 bits per heavy atom. The number of carboxylic acid groups (broad SMARTS) is 1. The van der Waals surface area contributed by atoms with E-state index < -0.39 is 5.97 Å². The van der Waals surface area contributed by atoms with Gasteiger partial charge in [0.1, 0.15) is 0 Å². The van der Waals surface area contributed by atoms with Crippen LogP contribution in [-0.4, -0.2) is 35.0 Å². The van der Waals surface area contributed by atoms with Crippen molar-refractivity contribution < 1.29 is 14.7 Å². The van der Waals surface area contributed by atoms with Gasteiger partial charge in [0, 0.05) is 19.0 Å². The van der Waals surface area contributed by atoms with Gasteiger partial charge in [-0.25, -0.2) is 0 Å². The Morgan fingerprint density at radius 2 is 1.72 bits per heavy atom. The van der Waals surface area contributed by atoms with Gasteiger partial charge in [-0.05, 0) is 19.3 Å². The minimum absolute atomic E-state index is 0.0285. The lowest BCUT2D eigenvalue weighted by molar-refractivity contribution is -0.145. The number of nitrogens with zero attached hydrogens (tertiary/aromatic N) is 1. The zero-order valence-electron chi connectivity index (χ0n) is 10.7. The van der Waals surface area contributed by atoms with Crippen LogP contribution in [0, 0.1) is 11.8 Å². The third-order valence-corrected chi connectivity index (χ3v) is 3.38. The molecule has 100 valence electrons. The van der Waals surface area contributed by atoms with Crippen LogP contribution in [0.25, 0.3) is 0 Å². The second-order valence-corrected chi connectivity index (χ2v) is 4.72. The summed E-state index contributed by atoms with van der Waals surface area (Å²) in [5.74, 6) is -1.30. The Hall–Kier alpha value is -1.58. The van der Waals surface area contributed by atoms with Gasteiger partial charge in [0.05, 0.1) is 5.92 Å². The number of carboxylic acids is 1. The van der Waals surface area contributed by atoms with E-state index in [9.17, 15) is 9.59 Å². The molecule has 0 spiro atoms. The van der Waals surface area contributed by atoms with Crippen LogP contribution in [-0.2, 0) is 9.59 Å². The van der Waals surface area contributed by atoms with Crippen molar-refractivity contribution in [1.82, 2.24) is 4.90 Å². The molecule has 0 aliphatic heterocycles. The molecule has 2 unspecified atom stereocenters. The summed E-state index contributed by atoms with van der Waals surface area (Å²) in [6, 6.07) is 0. The van der Waals surface area contributed by atoms with Crippen LogP contribution in [0.5, 0.6) is 0 Å². The molecule has 0 aromatic carbocycles. The number of carbonyl (C=O) groups excluding carboxylic acids is 1. The molecular formula is C14H21NO3. The van der Waals surface area contributed by atoms with Crippen LogP contribution in [0.2, 0.25) is 0 Å². The van der Waals surface area contributed by atoms with Crippen molar-refractivity contribution in [2.24, 2.45) is 11.8 Å². The van der Waals surface area contributed by atoms with Crippen molar-refractivity contribution in [2.75, 3.05) is 13.1 Å². The zero-order valence-corrected chi connectivity index (χ0v) is 10.7. The van der Waals surface area contributed by atoms with Gasteiger partial charge in [-0.1, -0.05) is 18.6 Å². The molecule has 1 rings (SSSR count). The van der Waals surface area contributed by atoms with Crippen LogP contribution < -0.4 is 0 Å². The minimum Gasteiger partial charge on any atom is -0.481 e. The Balaban J connectivity index is 2.65. The fourth-order valence-corrected chi connectivity index (χ4v) is 2.46. The molecule has 0 saturated heterocycles. The highest BCUT2D eigenvalue weighted by atomic mass is 16.4. The molecule has 1 aliphatic carbocycles. The zero-order chi connectivity index (χ0) is 13.5. The van der Waals surface area contributed by atoms with Gasteiger partial charge in [0.25, 0.3) is 0 Å². The molecule has 4 nitrogen and oxygen atoms in total. The van der Waals surface area contributed by atoms with Crippen molar-refractivity contribution in [3.63, 3.8) is 0 Å². The fourth-order valence-electron chi connectivity index (χ4n) is 2.46. The van der Waals surface area contributed by atoms with Gasteiger partial charge in [0.2, 0.25) is 5.91 Å². The van der Waals surface area contributed by atoms with Gasteiger partial charge < -0.3 is 10.0 Å². The van der Waals surface area contributed by atoms with Gasteiger partial charge in [-0.2, -0.15) is 0 Å². The average Bonchev–Trinajstić information content (AvgIpc) is 2.38. The molecule has 0 radical (unpaired) electrons. The van der Waals surface area contributed by atoms with E-state index in [0.29, 0.717) is 25.9 Å². The molecule has 18 heavy (non-hydrogen) atoms. The number of hydrogen-bond donors (Lipinski definition) is 1. The summed E-state index contributed by atoms with van der Waals surface area (Å²) in [4.78, 5) is 24.9. The van der Waals surface area contributed by atoms with Gasteiger partial charge in [0.15, 0.2) is 0 Å². The van der Waals surface area contributed by atoms with E-state index in [0.717, 1.165) is 12.8 Å². The van der Waals surface area contributed by atoms with Crippen molar-refractivity contribution in [3.05, 3.63) is 25.3 Å². The van der Waals surface area contributed by atoms with Crippen LogP contribution in [0.1, 0.15) is 25.7 Å². The van der Waals surface area contributed by atoms with Gasteiger partial charge >= 0.3 is 5.97 Å². The molecule has 0 heterocycles. The largest absolute Gasteiger partial charge is 0.481 e. The Morgan fingerprint density at radius 3 is 2.22 bits per heavy atom. The summed E-state index contributed by atoms with van der Waals surface area (Å²) in [5, 5.41) is 9.03. The molecule has 1 saturated carbocycles. The average molecular weight is 251 g/mol. The van der Waals surface area contributed by atoms with E-state index in [1.54, 1.807) is 17.1 Å². The highest BCUT2D eigenvalue weighted by Gasteiger charge is 2.32. The third kappa shape index (κ3) is 3.72. The van der Waals surface area contributed by atoms with Crippen molar-refractivity contribution >= 4 is 11.9 Å². The molecule has 4 heteroatoms. The Labute approximate surface area is 108 Å². The molecule has 1 fully saturated rings. The summed E-state index contributed by atoms with van der Waals surface area (Å²) in [7, 11) is 0. The lowest BCUT2D eigenvalue weighted by Gasteiger charge is -2.30. The number of aliphatic carboxylic acids is 1. The maximum Gasteiger partial charge on any atom is 0.306 e. The van der Waals surface area contributed by atoms with E-state index in [4.69, 9.17) is 5.11 Å².